The van der Waals surface area contributed by atoms with E-state index in [1.54, 1.807) is 18.2 Å². The summed E-state index contributed by atoms with van der Waals surface area (Å²) in [5.74, 6) is -0.887. The van der Waals surface area contributed by atoms with Crippen LogP contribution in [0.25, 0.3) is 10.8 Å². The minimum Gasteiger partial charge on any atom is -0.321 e. The van der Waals surface area contributed by atoms with E-state index < -0.39 is 20.9 Å². The average Bonchev–Trinajstić information content (AvgIpc) is 2.75. The lowest BCUT2D eigenvalue weighted by Gasteiger charge is -2.10. The molecular formula is C23H18ClN3O3S. The van der Waals surface area contributed by atoms with E-state index in [0.717, 1.165) is 22.5 Å². The van der Waals surface area contributed by atoms with Crippen molar-refractivity contribution < 1.29 is 13.2 Å². The van der Waals surface area contributed by atoms with E-state index >= 15 is 0 Å². The molecule has 1 N–H and O–H groups in total. The van der Waals surface area contributed by atoms with Gasteiger partial charge in [-0.1, -0.05) is 66.2 Å². The first-order valence-corrected chi connectivity index (χ1v) is 11.5. The van der Waals surface area contributed by atoms with Crippen LogP contribution in [0.4, 0.5) is 5.69 Å². The van der Waals surface area contributed by atoms with Crippen molar-refractivity contribution >= 4 is 43.8 Å². The Morgan fingerprint density at radius 1 is 1.00 bits per heavy atom. The predicted octanol–water partition coefficient (Wildman–Crippen LogP) is 4.82. The van der Waals surface area contributed by atoms with E-state index in [9.17, 15) is 13.2 Å². The summed E-state index contributed by atoms with van der Waals surface area (Å²) in [5.41, 5.74) is 1.83. The molecule has 4 rings (SSSR count). The largest absolute Gasteiger partial charge is 0.321 e. The van der Waals surface area contributed by atoms with Crippen molar-refractivity contribution in [2.24, 2.45) is 0 Å². The molecule has 0 aliphatic heterocycles. The number of aryl methyl sites for hydroxylation is 1. The van der Waals surface area contributed by atoms with Crippen LogP contribution in [-0.4, -0.2) is 24.3 Å². The van der Waals surface area contributed by atoms with Gasteiger partial charge in [0.2, 0.25) is 15.0 Å². The molecule has 156 valence electrons. The second kappa shape index (κ2) is 8.45. The zero-order chi connectivity index (χ0) is 22.0. The fraction of sp³-hybridized carbons (Fsp3) is 0.0870. The third-order valence-corrected chi connectivity index (χ3v) is 6.55. The van der Waals surface area contributed by atoms with Crippen molar-refractivity contribution in [3.63, 3.8) is 0 Å². The molecule has 0 saturated heterocycles. The average molecular weight is 452 g/mol. The third kappa shape index (κ3) is 4.57. The maximum Gasteiger partial charge on any atom is 0.275 e. The highest BCUT2D eigenvalue weighted by atomic mass is 35.5. The Labute approximate surface area is 184 Å². The molecule has 0 aliphatic carbocycles. The summed E-state index contributed by atoms with van der Waals surface area (Å²) in [4.78, 5) is 20.6. The van der Waals surface area contributed by atoms with Crippen molar-refractivity contribution in [3.8, 4) is 0 Å². The molecule has 8 heteroatoms. The monoisotopic (exact) mass is 451 g/mol. The molecule has 0 atom stereocenters. The van der Waals surface area contributed by atoms with E-state index in [2.05, 4.69) is 15.3 Å². The van der Waals surface area contributed by atoms with Gasteiger partial charge in [0.25, 0.3) is 5.91 Å². The van der Waals surface area contributed by atoms with Gasteiger partial charge in [0.1, 0.15) is 0 Å². The van der Waals surface area contributed by atoms with Crippen molar-refractivity contribution in [3.05, 3.63) is 94.8 Å². The van der Waals surface area contributed by atoms with Gasteiger partial charge < -0.3 is 5.32 Å². The van der Waals surface area contributed by atoms with Gasteiger partial charge in [-0.3, -0.25) is 4.79 Å². The molecule has 0 fully saturated rings. The quantitative estimate of drug-likeness (QED) is 0.439. The van der Waals surface area contributed by atoms with Crippen LogP contribution in [-0.2, 0) is 15.6 Å². The molecule has 0 saturated carbocycles. The lowest BCUT2D eigenvalue weighted by molar-refractivity contribution is 0.102. The van der Waals surface area contributed by atoms with Crippen LogP contribution in [0.15, 0.2) is 78.1 Å². The van der Waals surface area contributed by atoms with Gasteiger partial charge in [0.05, 0.1) is 17.0 Å². The summed E-state index contributed by atoms with van der Waals surface area (Å²) in [6.07, 6.45) is 1.13. The van der Waals surface area contributed by atoms with Crippen molar-refractivity contribution in [1.29, 1.82) is 0 Å². The Bertz CT molecular complexity index is 1400. The van der Waals surface area contributed by atoms with Crippen molar-refractivity contribution in [1.82, 2.24) is 9.97 Å². The molecule has 1 amide bonds. The van der Waals surface area contributed by atoms with E-state index in [-0.39, 0.29) is 16.5 Å². The van der Waals surface area contributed by atoms with E-state index in [1.165, 1.54) is 0 Å². The molecule has 0 spiro atoms. The van der Waals surface area contributed by atoms with Crippen LogP contribution in [0.5, 0.6) is 0 Å². The van der Waals surface area contributed by atoms with Gasteiger partial charge in [-0.2, -0.15) is 0 Å². The number of hydrogen-bond donors (Lipinski definition) is 1. The van der Waals surface area contributed by atoms with Crippen LogP contribution in [0.3, 0.4) is 0 Å². The van der Waals surface area contributed by atoms with E-state index in [1.807, 2.05) is 55.5 Å². The molecule has 1 aromatic heterocycles. The smallest absolute Gasteiger partial charge is 0.275 e. The Hall–Kier alpha value is -3.29. The maximum atomic E-state index is 12.8. The molecule has 0 unspecified atom stereocenters. The Morgan fingerprint density at radius 3 is 2.48 bits per heavy atom. The highest BCUT2D eigenvalue weighted by Gasteiger charge is 2.23. The topological polar surface area (TPSA) is 89.0 Å². The first-order valence-electron chi connectivity index (χ1n) is 9.43. The van der Waals surface area contributed by atoms with Crippen LogP contribution >= 0.6 is 11.6 Å². The number of rotatable bonds is 5. The Kier molecular flexibility index (Phi) is 5.71. The number of fused-ring (bicyclic) bond motifs is 1. The standard InChI is InChI=1S/C23H18ClN3O3S/c1-15-6-2-3-9-18(15)14-31(29,30)23-25-13-20(24)21(27-23)22(28)26-19-11-10-16-7-4-5-8-17(16)12-19/h2-13H,14H2,1H3,(H,26,28). The lowest BCUT2D eigenvalue weighted by atomic mass is 10.1. The molecule has 0 radical (unpaired) electrons. The van der Waals surface area contributed by atoms with Gasteiger partial charge in [-0.05, 0) is 41.0 Å². The number of nitrogens with one attached hydrogen (secondary N) is 1. The molecule has 0 aliphatic rings. The Balaban J connectivity index is 1.62. The zero-order valence-electron chi connectivity index (χ0n) is 16.5. The number of benzene rings is 3. The summed E-state index contributed by atoms with van der Waals surface area (Å²) in [5, 5.41) is 4.23. The summed E-state index contributed by atoms with van der Waals surface area (Å²) < 4.78 is 25.7. The summed E-state index contributed by atoms with van der Waals surface area (Å²) >= 11 is 6.11. The number of nitrogens with zero attached hydrogens (tertiary/aromatic N) is 2. The van der Waals surface area contributed by atoms with Gasteiger partial charge in [-0.25, -0.2) is 18.4 Å². The minimum absolute atomic E-state index is 0.0341. The van der Waals surface area contributed by atoms with Crippen LogP contribution < -0.4 is 5.32 Å². The number of amides is 1. The van der Waals surface area contributed by atoms with Crippen LogP contribution in [0.2, 0.25) is 5.02 Å². The number of carbonyl (C=O) groups is 1. The second-order valence-corrected chi connectivity index (χ2v) is 9.34. The molecule has 0 bridgehead atoms. The molecular weight excluding hydrogens is 434 g/mol. The van der Waals surface area contributed by atoms with Crippen LogP contribution in [0, 0.1) is 6.92 Å². The minimum atomic E-state index is -3.87. The fourth-order valence-electron chi connectivity index (χ4n) is 3.16. The Morgan fingerprint density at radius 2 is 1.71 bits per heavy atom. The normalized spacial score (nSPS) is 11.4. The zero-order valence-corrected chi connectivity index (χ0v) is 18.1. The second-order valence-electron chi connectivity index (χ2n) is 7.05. The van der Waals surface area contributed by atoms with Crippen molar-refractivity contribution in [2.45, 2.75) is 17.8 Å². The number of sulfone groups is 1. The number of aromatic nitrogens is 2. The molecule has 3 aromatic carbocycles. The highest BCUT2D eigenvalue weighted by Crippen LogP contribution is 2.22. The number of anilines is 1. The fourth-order valence-corrected chi connectivity index (χ4v) is 4.64. The number of hydrogen-bond acceptors (Lipinski definition) is 5. The molecule has 31 heavy (non-hydrogen) atoms. The first kappa shape index (κ1) is 21.0. The highest BCUT2D eigenvalue weighted by molar-refractivity contribution is 7.90. The summed E-state index contributed by atoms with van der Waals surface area (Å²) in [7, 11) is -3.87. The van der Waals surface area contributed by atoms with Crippen molar-refractivity contribution in [2.75, 3.05) is 5.32 Å². The van der Waals surface area contributed by atoms with E-state index in [4.69, 9.17) is 11.6 Å². The SMILES string of the molecule is Cc1ccccc1CS(=O)(=O)c1ncc(Cl)c(C(=O)Nc2ccc3ccccc3c2)n1. The van der Waals surface area contributed by atoms with E-state index in [0.29, 0.717) is 11.3 Å². The third-order valence-electron chi connectivity index (χ3n) is 4.83. The summed E-state index contributed by atoms with van der Waals surface area (Å²) in [6, 6.07) is 20.3. The maximum absolute atomic E-state index is 12.8. The van der Waals surface area contributed by atoms with Gasteiger partial charge >= 0.3 is 0 Å². The first-order chi connectivity index (χ1) is 14.8. The summed E-state index contributed by atoms with van der Waals surface area (Å²) in [6.45, 7) is 1.83. The molecule has 1 heterocycles. The van der Waals surface area contributed by atoms with Gasteiger partial charge in [-0.15, -0.1) is 0 Å². The lowest BCUT2D eigenvalue weighted by Crippen LogP contribution is -2.18. The predicted molar refractivity (Wildman–Crippen MR) is 121 cm³/mol. The molecule has 6 nitrogen and oxygen atoms in total. The van der Waals surface area contributed by atoms with Gasteiger partial charge in [0, 0.05) is 5.69 Å². The molecule has 4 aromatic rings. The van der Waals surface area contributed by atoms with Crippen LogP contribution in [0.1, 0.15) is 21.6 Å². The number of halogens is 1. The number of carbonyl (C=O) groups excluding carboxylic acids is 1. The van der Waals surface area contributed by atoms with Gasteiger partial charge in [0.15, 0.2) is 5.69 Å².